The van der Waals surface area contributed by atoms with Crippen molar-refractivity contribution in [2.45, 2.75) is 20.3 Å². The number of hydrogen-bond donors (Lipinski definition) is 0. The number of aryl methyl sites for hydroxylation is 1. The Balaban J connectivity index is 1.18. The van der Waals surface area contributed by atoms with Gasteiger partial charge in [-0.25, -0.2) is 9.78 Å². The molecule has 226 valence electrons. The van der Waals surface area contributed by atoms with E-state index in [-0.39, 0.29) is 51.6 Å². The van der Waals surface area contributed by atoms with Crippen LogP contribution in [0.3, 0.4) is 0 Å². The number of esters is 1. The van der Waals surface area contributed by atoms with Gasteiger partial charge < -0.3 is 4.74 Å². The molecule has 1 saturated heterocycles. The van der Waals surface area contributed by atoms with E-state index in [0.29, 0.717) is 32.9 Å². The van der Waals surface area contributed by atoms with Gasteiger partial charge in [-0.05, 0) is 86.2 Å². The second-order valence-corrected chi connectivity index (χ2v) is 13.6. The summed E-state index contributed by atoms with van der Waals surface area (Å²) in [4.78, 5) is 59.2. The van der Waals surface area contributed by atoms with Crippen LogP contribution in [0, 0.1) is 30.6 Å². The molecule has 2 fully saturated rings. The fourth-order valence-corrected chi connectivity index (χ4v) is 8.17. The smallest absolute Gasteiger partial charge is 0.339 e. The van der Waals surface area contributed by atoms with Crippen LogP contribution >= 0.6 is 39.1 Å². The lowest BCUT2D eigenvalue weighted by molar-refractivity contribution is -0.123. The summed E-state index contributed by atoms with van der Waals surface area (Å²) in [6.45, 7) is 3.42. The predicted octanol–water partition coefficient (Wildman–Crippen LogP) is 8.02. The molecule has 0 spiro atoms. The molecule has 2 amide bonds. The topological polar surface area (TPSA) is 93.6 Å². The minimum Gasteiger partial charge on any atom is -0.454 e. The number of amides is 2. The quantitative estimate of drug-likeness (QED) is 0.0874. The third-order valence-electron chi connectivity index (χ3n) is 9.16. The number of pyridine rings is 1. The van der Waals surface area contributed by atoms with Crippen molar-refractivity contribution >= 4 is 79.3 Å². The van der Waals surface area contributed by atoms with E-state index in [1.165, 1.54) is 22.6 Å². The summed E-state index contributed by atoms with van der Waals surface area (Å²) >= 11 is 15.6. The van der Waals surface area contributed by atoms with Crippen molar-refractivity contribution in [2.24, 2.45) is 23.7 Å². The molecule has 1 saturated carbocycles. The van der Waals surface area contributed by atoms with Gasteiger partial charge >= 0.3 is 5.97 Å². The van der Waals surface area contributed by atoms with Gasteiger partial charge in [0, 0.05) is 26.0 Å². The van der Waals surface area contributed by atoms with Gasteiger partial charge in [0.2, 0.25) is 17.6 Å². The number of imide groups is 1. The molecule has 4 atom stereocenters. The van der Waals surface area contributed by atoms with Gasteiger partial charge in [-0.2, -0.15) is 0 Å². The number of carbonyl (C=O) groups excluding carboxylic acids is 4. The molecule has 3 aromatic carbocycles. The van der Waals surface area contributed by atoms with Crippen LogP contribution in [0.4, 0.5) is 5.69 Å². The van der Waals surface area contributed by atoms with Gasteiger partial charge in [0.25, 0.3) is 0 Å². The summed E-state index contributed by atoms with van der Waals surface area (Å²) < 4.78 is 6.23. The van der Waals surface area contributed by atoms with E-state index in [2.05, 4.69) is 22.0 Å². The largest absolute Gasteiger partial charge is 0.454 e. The molecule has 4 unspecified atom stereocenters. The van der Waals surface area contributed by atoms with E-state index >= 15 is 0 Å². The third-order valence-corrected chi connectivity index (χ3v) is 10.2. The minimum atomic E-state index is -0.700. The molecule has 4 aromatic rings. The number of hydrogen-bond acceptors (Lipinski definition) is 6. The summed E-state index contributed by atoms with van der Waals surface area (Å²) in [5.74, 6) is -1.75. The van der Waals surface area contributed by atoms with Gasteiger partial charge in [0.05, 0.1) is 39.3 Å². The number of benzene rings is 3. The summed E-state index contributed by atoms with van der Waals surface area (Å²) in [5.41, 5.74) is 4.74. The van der Waals surface area contributed by atoms with Crippen LogP contribution in [0.15, 0.2) is 76.8 Å². The molecule has 10 heteroatoms. The lowest BCUT2D eigenvalue weighted by Gasteiger charge is -2.19. The Bertz CT molecular complexity index is 2010. The molecule has 1 aliphatic heterocycles. The maximum Gasteiger partial charge on any atom is 0.339 e. The molecular weight excluding hydrogens is 679 g/mol. The van der Waals surface area contributed by atoms with Crippen LogP contribution < -0.4 is 4.90 Å². The Labute approximate surface area is 277 Å². The van der Waals surface area contributed by atoms with Crippen LogP contribution in [0.2, 0.25) is 10.0 Å². The van der Waals surface area contributed by atoms with Crippen molar-refractivity contribution in [3.05, 3.63) is 104 Å². The van der Waals surface area contributed by atoms with E-state index in [4.69, 9.17) is 32.9 Å². The van der Waals surface area contributed by atoms with Gasteiger partial charge in [-0.3, -0.25) is 19.3 Å². The summed E-state index contributed by atoms with van der Waals surface area (Å²) in [6, 6.07) is 16.8. The monoisotopic (exact) mass is 702 g/mol. The van der Waals surface area contributed by atoms with Crippen LogP contribution in [-0.2, 0) is 14.3 Å². The molecule has 2 heterocycles. The molecule has 3 aliphatic rings. The Hall–Kier alpha value is -3.85. The van der Waals surface area contributed by atoms with E-state index in [1.807, 2.05) is 19.9 Å². The van der Waals surface area contributed by atoms with Gasteiger partial charge in [-0.15, -0.1) is 0 Å². The number of anilines is 1. The second-order valence-electron chi connectivity index (χ2n) is 11.8. The third kappa shape index (κ3) is 5.00. The number of ketones is 1. The van der Waals surface area contributed by atoms with Crippen molar-refractivity contribution < 1.29 is 23.9 Å². The van der Waals surface area contributed by atoms with Crippen molar-refractivity contribution in [2.75, 3.05) is 11.5 Å². The summed E-state index contributed by atoms with van der Waals surface area (Å²) in [7, 11) is 0. The number of ether oxygens (including phenoxy) is 1. The Morgan fingerprint density at radius 3 is 2.42 bits per heavy atom. The molecule has 2 bridgehead atoms. The van der Waals surface area contributed by atoms with Gasteiger partial charge in [0.1, 0.15) is 0 Å². The zero-order valence-electron chi connectivity index (χ0n) is 24.1. The fraction of sp³-hybridized carbons (Fsp3) is 0.229. The molecule has 2 aliphatic carbocycles. The standard InChI is InChI=1S/C35H25BrCl2N2O5/c1-16-9-19-11-24(16)31-30(19)33(42)40(34(31)43)22-6-3-18(4-7-22)28-14-26(25-12-20(36)10-17(2)32(25)39-28)35(44)45-15-29(41)23-8-5-21(37)13-27(23)38/h3-10,12-14,19,24,30-31H,11,15H2,1-2H3. The maximum absolute atomic E-state index is 13.5. The Morgan fingerprint density at radius 1 is 0.956 bits per heavy atom. The van der Waals surface area contributed by atoms with Crippen molar-refractivity contribution in [3.8, 4) is 11.3 Å². The van der Waals surface area contributed by atoms with Crippen LogP contribution in [-0.4, -0.2) is 35.2 Å². The number of Topliss-reactive ketones (excluding diaryl/α,β-unsaturated/α-hetero) is 1. The SMILES string of the molecule is CC1=CC2CC1C1C(=O)N(c3ccc(-c4cc(C(=O)OCC(=O)c5ccc(Cl)cc5Cl)c5cc(Br)cc(C)c5n4)cc3)C(=O)C21. The van der Waals surface area contributed by atoms with Crippen molar-refractivity contribution in [3.63, 3.8) is 0 Å². The van der Waals surface area contributed by atoms with E-state index in [1.54, 1.807) is 42.5 Å². The molecule has 0 N–H and O–H groups in total. The predicted molar refractivity (Wildman–Crippen MR) is 176 cm³/mol. The highest BCUT2D eigenvalue weighted by Crippen LogP contribution is 2.56. The first-order valence-electron chi connectivity index (χ1n) is 14.4. The maximum atomic E-state index is 13.5. The van der Waals surface area contributed by atoms with Crippen molar-refractivity contribution in [1.29, 1.82) is 0 Å². The number of aromatic nitrogens is 1. The highest BCUT2D eigenvalue weighted by atomic mass is 79.9. The molecule has 45 heavy (non-hydrogen) atoms. The average molecular weight is 704 g/mol. The van der Waals surface area contributed by atoms with Crippen LogP contribution in [0.25, 0.3) is 22.2 Å². The molecule has 7 nitrogen and oxygen atoms in total. The highest BCUT2D eigenvalue weighted by molar-refractivity contribution is 9.10. The highest BCUT2D eigenvalue weighted by Gasteiger charge is 2.60. The molecular formula is C35H25BrCl2N2O5. The second kappa shape index (κ2) is 11.2. The summed E-state index contributed by atoms with van der Waals surface area (Å²) in [5, 5.41) is 1.12. The van der Waals surface area contributed by atoms with E-state index in [9.17, 15) is 19.2 Å². The average Bonchev–Trinajstić information content (AvgIpc) is 3.65. The number of carbonyl (C=O) groups is 4. The van der Waals surface area contributed by atoms with Crippen LogP contribution in [0.5, 0.6) is 0 Å². The van der Waals surface area contributed by atoms with Crippen LogP contribution in [0.1, 0.15) is 39.6 Å². The molecule has 7 rings (SSSR count). The lowest BCUT2D eigenvalue weighted by atomic mass is 9.82. The zero-order valence-corrected chi connectivity index (χ0v) is 27.2. The fourth-order valence-electron chi connectivity index (χ4n) is 7.09. The normalized spacial score (nSPS) is 21.8. The van der Waals surface area contributed by atoms with Crippen molar-refractivity contribution in [1.82, 2.24) is 4.98 Å². The Kier molecular flexibility index (Phi) is 7.42. The number of rotatable bonds is 6. The first-order chi connectivity index (χ1) is 21.5. The number of allylic oxidation sites excluding steroid dienone is 2. The number of fused-ring (bicyclic) bond motifs is 6. The van der Waals surface area contributed by atoms with Gasteiger partial charge in [-0.1, -0.05) is 62.9 Å². The molecule has 0 radical (unpaired) electrons. The van der Waals surface area contributed by atoms with Gasteiger partial charge in [0.15, 0.2) is 6.61 Å². The summed E-state index contributed by atoms with van der Waals surface area (Å²) in [6.07, 6.45) is 3.03. The first kappa shape index (κ1) is 29.8. The first-order valence-corrected chi connectivity index (χ1v) is 16.0. The minimum absolute atomic E-state index is 0.127. The Morgan fingerprint density at radius 2 is 1.69 bits per heavy atom. The van der Waals surface area contributed by atoms with E-state index < -0.39 is 18.4 Å². The van der Waals surface area contributed by atoms with E-state index in [0.717, 1.165) is 16.5 Å². The zero-order chi connectivity index (χ0) is 31.7. The lowest BCUT2D eigenvalue weighted by Crippen LogP contribution is -2.32. The number of halogens is 3. The molecule has 1 aromatic heterocycles. The number of nitrogens with zero attached hydrogens (tertiary/aromatic N) is 2.